The van der Waals surface area contributed by atoms with Crippen LogP contribution in [0.25, 0.3) is 0 Å². The Morgan fingerprint density at radius 2 is 1.63 bits per heavy atom. The zero-order valence-corrected chi connectivity index (χ0v) is 12.3. The van der Waals surface area contributed by atoms with Crippen LogP contribution < -0.4 is 14.8 Å². The first-order valence-electron chi connectivity index (χ1n) is 7.23. The molecule has 3 heteroatoms. The Bertz CT molecular complexity index is 411. The minimum atomic E-state index is 0.796. The topological polar surface area (TPSA) is 30.5 Å². The van der Waals surface area contributed by atoms with E-state index in [-0.39, 0.29) is 0 Å². The molecular formula is C16H25NO2. The highest BCUT2D eigenvalue weighted by Gasteiger charge is 2.17. The number of methoxy groups -OCH3 is 2. The minimum Gasteiger partial charge on any atom is -0.493 e. The number of aryl methyl sites for hydroxylation is 1. The lowest BCUT2D eigenvalue weighted by Gasteiger charge is -2.24. The predicted molar refractivity (Wildman–Crippen MR) is 78.2 cm³/mol. The summed E-state index contributed by atoms with van der Waals surface area (Å²) in [6.45, 7) is 4.51. The molecule has 0 aliphatic carbocycles. The van der Waals surface area contributed by atoms with Crippen molar-refractivity contribution in [3.8, 4) is 11.5 Å². The molecule has 0 aromatic heterocycles. The molecule has 0 unspecified atom stereocenters. The van der Waals surface area contributed by atoms with E-state index in [9.17, 15) is 0 Å². The molecule has 1 N–H and O–H groups in total. The number of nitrogens with one attached hydrogen (secondary N) is 1. The van der Waals surface area contributed by atoms with Crippen LogP contribution in [0.4, 0.5) is 0 Å². The average Bonchev–Trinajstić information content (AvgIpc) is 2.47. The van der Waals surface area contributed by atoms with Crippen molar-refractivity contribution in [1.82, 2.24) is 5.32 Å². The van der Waals surface area contributed by atoms with Crippen molar-refractivity contribution in [1.29, 1.82) is 0 Å². The number of hydrogen-bond donors (Lipinski definition) is 1. The summed E-state index contributed by atoms with van der Waals surface area (Å²) >= 11 is 0. The van der Waals surface area contributed by atoms with E-state index in [0.717, 1.165) is 43.3 Å². The summed E-state index contributed by atoms with van der Waals surface area (Å²) in [5.74, 6) is 2.49. The molecule has 3 nitrogen and oxygen atoms in total. The zero-order valence-electron chi connectivity index (χ0n) is 12.3. The van der Waals surface area contributed by atoms with Crippen LogP contribution in [0.15, 0.2) is 12.1 Å². The lowest BCUT2D eigenvalue weighted by atomic mass is 9.88. The Labute approximate surface area is 116 Å². The van der Waals surface area contributed by atoms with Crippen LogP contribution in [0.2, 0.25) is 0 Å². The monoisotopic (exact) mass is 263 g/mol. The van der Waals surface area contributed by atoms with Crippen LogP contribution in [-0.2, 0) is 12.8 Å². The Kier molecular flexibility index (Phi) is 5.08. The van der Waals surface area contributed by atoms with Crippen molar-refractivity contribution in [2.24, 2.45) is 5.92 Å². The molecule has 1 saturated heterocycles. The van der Waals surface area contributed by atoms with E-state index in [1.54, 1.807) is 14.2 Å². The highest BCUT2D eigenvalue weighted by atomic mass is 16.5. The van der Waals surface area contributed by atoms with Gasteiger partial charge in [-0.1, -0.05) is 6.92 Å². The molecule has 1 aliphatic rings. The third-order valence-corrected chi connectivity index (χ3v) is 4.05. The molecule has 0 amide bonds. The SMILES string of the molecule is CCc1cc(OC)c(OC)cc1CC1CCNCC1. The molecule has 1 aromatic carbocycles. The van der Waals surface area contributed by atoms with E-state index in [2.05, 4.69) is 24.4 Å². The van der Waals surface area contributed by atoms with Crippen LogP contribution in [0, 0.1) is 5.92 Å². The molecule has 106 valence electrons. The fraction of sp³-hybridized carbons (Fsp3) is 0.625. The quantitative estimate of drug-likeness (QED) is 0.886. The lowest BCUT2D eigenvalue weighted by Crippen LogP contribution is -2.28. The van der Waals surface area contributed by atoms with E-state index >= 15 is 0 Å². The highest BCUT2D eigenvalue weighted by molar-refractivity contribution is 5.47. The Balaban J connectivity index is 2.21. The number of rotatable bonds is 5. The first-order chi connectivity index (χ1) is 9.28. The summed E-state index contributed by atoms with van der Waals surface area (Å²) in [6.07, 6.45) is 4.75. The van der Waals surface area contributed by atoms with Gasteiger partial charge in [0.05, 0.1) is 14.2 Å². The fourth-order valence-corrected chi connectivity index (χ4v) is 2.88. The van der Waals surface area contributed by atoms with Crippen LogP contribution >= 0.6 is 0 Å². The lowest BCUT2D eigenvalue weighted by molar-refractivity contribution is 0.351. The number of ether oxygens (including phenoxy) is 2. The molecule has 1 heterocycles. The molecule has 0 atom stereocenters. The second kappa shape index (κ2) is 6.80. The van der Waals surface area contributed by atoms with Gasteiger partial charge in [0.25, 0.3) is 0 Å². The minimum absolute atomic E-state index is 0.796. The van der Waals surface area contributed by atoms with E-state index in [1.165, 1.54) is 24.0 Å². The molecule has 0 radical (unpaired) electrons. The van der Waals surface area contributed by atoms with Crippen molar-refractivity contribution >= 4 is 0 Å². The van der Waals surface area contributed by atoms with Gasteiger partial charge in [0.1, 0.15) is 0 Å². The van der Waals surface area contributed by atoms with Crippen molar-refractivity contribution in [2.75, 3.05) is 27.3 Å². The molecule has 0 spiro atoms. The molecule has 19 heavy (non-hydrogen) atoms. The van der Waals surface area contributed by atoms with Crippen LogP contribution in [-0.4, -0.2) is 27.3 Å². The van der Waals surface area contributed by atoms with E-state index < -0.39 is 0 Å². The molecular weight excluding hydrogens is 238 g/mol. The van der Waals surface area contributed by atoms with Crippen LogP contribution in [0.5, 0.6) is 11.5 Å². The standard InChI is InChI=1S/C16H25NO2/c1-4-13-10-15(18-2)16(19-3)11-14(13)9-12-5-7-17-8-6-12/h10-12,17H,4-9H2,1-3H3. The maximum absolute atomic E-state index is 5.43. The van der Waals surface area contributed by atoms with Crippen molar-refractivity contribution in [3.63, 3.8) is 0 Å². The Hall–Kier alpha value is -1.22. The zero-order chi connectivity index (χ0) is 13.7. The summed E-state index contributed by atoms with van der Waals surface area (Å²) in [4.78, 5) is 0. The van der Waals surface area contributed by atoms with Crippen molar-refractivity contribution in [3.05, 3.63) is 23.3 Å². The highest BCUT2D eigenvalue weighted by Crippen LogP contribution is 2.32. The number of hydrogen-bond acceptors (Lipinski definition) is 3. The molecule has 2 rings (SSSR count). The van der Waals surface area contributed by atoms with Gasteiger partial charge < -0.3 is 14.8 Å². The summed E-state index contributed by atoms with van der Waals surface area (Å²) in [5.41, 5.74) is 2.81. The molecule has 1 aliphatic heterocycles. The normalized spacial score (nSPS) is 16.4. The third kappa shape index (κ3) is 3.41. The van der Waals surface area contributed by atoms with Gasteiger partial charge in [0, 0.05) is 0 Å². The van der Waals surface area contributed by atoms with Gasteiger partial charge in [0.15, 0.2) is 11.5 Å². The van der Waals surface area contributed by atoms with Gasteiger partial charge in [-0.3, -0.25) is 0 Å². The van der Waals surface area contributed by atoms with Crippen molar-refractivity contribution in [2.45, 2.75) is 32.6 Å². The third-order valence-electron chi connectivity index (χ3n) is 4.05. The van der Waals surface area contributed by atoms with Crippen LogP contribution in [0.3, 0.4) is 0 Å². The van der Waals surface area contributed by atoms with E-state index in [1.807, 2.05) is 0 Å². The van der Waals surface area contributed by atoms with Gasteiger partial charge in [-0.15, -0.1) is 0 Å². The molecule has 0 bridgehead atoms. The van der Waals surface area contributed by atoms with Gasteiger partial charge in [-0.05, 0) is 68.0 Å². The number of benzene rings is 1. The van der Waals surface area contributed by atoms with Crippen LogP contribution in [0.1, 0.15) is 30.9 Å². The summed E-state index contributed by atoms with van der Waals surface area (Å²) in [7, 11) is 3.40. The summed E-state index contributed by atoms with van der Waals surface area (Å²) in [5, 5.41) is 3.43. The maximum Gasteiger partial charge on any atom is 0.161 e. The van der Waals surface area contributed by atoms with Crippen molar-refractivity contribution < 1.29 is 9.47 Å². The first kappa shape index (κ1) is 14.2. The molecule has 1 fully saturated rings. The molecule has 0 saturated carbocycles. The second-order valence-electron chi connectivity index (χ2n) is 5.23. The Morgan fingerprint density at radius 1 is 1.05 bits per heavy atom. The first-order valence-corrected chi connectivity index (χ1v) is 7.23. The van der Waals surface area contributed by atoms with Gasteiger partial charge >= 0.3 is 0 Å². The maximum atomic E-state index is 5.43. The number of piperidine rings is 1. The summed E-state index contributed by atoms with van der Waals surface area (Å²) in [6, 6.07) is 4.30. The van der Waals surface area contributed by atoms with E-state index in [4.69, 9.17) is 9.47 Å². The van der Waals surface area contributed by atoms with E-state index in [0.29, 0.717) is 0 Å². The summed E-state index contributed by atoms with van der Waals surface area (Å²) < 4.78 is 10.8. The smallest absolute Gasteiger partial charge is 0.161 e. The fourth-order valence-electron chi connectivity index (χ4n) is 2.88. The Morgan fingerprint density at radius 3 is 2.16 bits per heavy atom. The van der Waals surface area contributed by atoms with Gasteiger partial charge in [-0.25, -0.2) is 0 Å². The van der Waals surface area contributed by atoms with Gasteiger partial charge in [-0.2, -0.15) is 0 Å². The average molecular weight is 263 g/mol. The van der Waals surface area contributed by atoms with Gasteiger partial charge in [0.2, 0.25) is 0 Å². The second-order valence-corrected chi connectivity index (χ2v) is 5.23. The largest absolute Gasteiger partial charge is 0.493 e. The molecule has 1 aromatic rings. The predicted octanol–water partition coefficient (Wildman–Crippen LogP) is 2.81.